The van der Waals surface area contributed by atoms with E-state index >= 15 is 0 Å². The summed E-state index contributed by atoms with van der Waals surface area (Å²) < 4.78 is 2.36. The molecule has 0 aliphatic carbocycles. The van der Waals surface area contributed by atoms with Gasteiger partial charge in [0.25, 0.3) is 0 Å². The molecule has 0 aliphatic heterocycles. The van der Waals surface area contributed by atoms with Crippen molar-refractivity contribution in [3.8, 4) is 27.9 Å². The van der Waals surface area contributed by atoms with E-state index in [1.165, 1.54) is 49.7 Å². The summed E-state index contributed by atoms with van der Waals surface area (Å²) in [6.07, 6.45) is 0. The molecule has 1 aromatic heterocycles. The van der Waals surface area contributed by atoms with Crippen molar-refractivity contribution in [2.24, 2.45) is 0 Å². The zero-order valence-electron chi connectivity index (χ0n) is 33.1. The Balaban J connectivity index is 0.000000165. The molecular weight excluding hydrogens is 705 g/mol. The Labute approximate surface area is 340 Å². The van der Waals surface area contributed by atoms with Gasteiger partial charge in [0.2, 0.25) is 0 Å². The number of nitrogens with one attached hydrogen (secondary N) is 2. The van der Waals surface area contributed by atoms with Crippen molar-refractivity contribution in [2.75, 3.05) is 18.1 Å². The van der Waals surface area contributed by atoms with E-state index in [-0.39, 0.29) is 0 Å². The summed E-state index contributed by atoms with van der Waals surface area (Å²) >= 11 is 0. The van der Waals surface area contributed by atoms with Gasteiger partial charge >= 0.3 is 0 Å². The monoisotopic (exact) mass is 750 g/mol. The number of para-hydroxylation sites is 2. The van der Waals surface area contributed by atoms with Gasteiger partial charge < -0.3 is 15.6 Å². The Hall–Kier alpha value is -7.43. The first-order valence-electron chi connectivity index (χ1n) is 19.9. The molecule has 0 saturated heterocycles. The van der Waals surface area contributed by atoms with Crippen LogP contribution in [0.25, 0.3) is 71.3 Å². The molecule has 4 N–H and O–H groups in total. The number of hydrogen-bond donors (Lipinski definition) is 3. The SMILES string of the molecule is CC.CNc1ccc(-c2ccc3c(c2)c2ccccc2n3-c2ccccc2)cc1-c1ccccc1.N=C(c1cccc2ccccc12)c1c(N)ccc2ccccc12. The van der Waals surface area contributed by atoms with Crippen molar-refractivity contribution in [3.05, 3.63) is 211 Å². The number of rotatable bonds is 6. The summed E-state index contributed by atoms with van der Waals surface area (Å²) in [7, 11) is 1.98. The second-order valence-electron chi connectivity index (χ2n) is 13.9. The van der Waals surface area contributed by atoms with E-state index in [0.717, 1.165) is 38.4 Å². The molecule has 0 radical (unpaired) electrons. The number of hydrogen-bond acceptors (Lipinski definition) is 3. The highest BCUT2D eigenvalue weighted by Gasteiger charge is 2.16. The van der Waals surface area contributed by atoms with Gasteiger partial charge in [0, 0.05) is 51.6 Å². The average molecular weight is 751 g/mol. The number of benzene rings is 9. The fraction of sp³-hybridized carbons (Fsp3) is 0.0556. The molecule has 0 amide bonds. The largest absolute Gasteiger partial charge is 0.398 e. The van der Waals surface area contributed by atoms with Crippen LogP contribution in [0.5, 0.6) is 0 Å². The molecule has 58 heavy (non-hydrogen) atoms. The van der Waals surface area contributed by atoms with Gasteiger partial charge in [0.05, 0.1) is 16.7 Å². The Kier molecular flexibility index (Phi) is 10.8. The molecule has 1 heterocycles. The van der Waals surface area contributed by atoms with Gasteiger partial charge in [-0.15, -0.1) is 0 Å². The first-order valence-corrected chi connectivity index (χ1v) is 19.9. The number of nitrogens with zero attached hydrogens (tertiary/aromatic N) is 1. The molecule has 10 aromatic rings. The molecule has 0 aliphatic rings. The quantitative estimate of drug-likeness (QED) is 0.117. The summed E-state index contributed by atoms with van der Waals surface area (Å²) in [5.74, 6) is 0. The molecule has 0 atom stereocenters. The van der Waals surface area contributed by atoms with Crippen LogP contribution in [0.1, 0.15) is 25.0 Å². The maximum Gasteiger partial charge on any atom is 0.0717 e. The standard InChI is InChI=1S/C31H24N2.C21H16N2.C2H6/c1-32-29-18-16-23(20-27(29)22-10-4-2-5-11-22)24-17-19-31-28(21-24)26-14-8-9-15-30(26)33(31)25-12-6-3-7-13-25;22-19-13-12-15-7-2-4-10-17(15)20(19)21(23)18-11-5-8-14-6-1-3-9-16(14)18;1-2/h2-21,32H,1H3;1-13,23H,22H2;1-2H3. The van der Waals surface area contributed by atoms with Crippen molar-refractivity contribution in [1.82, 2.24) is 4.57 Å². The molecular formula is C54H46N4. The lowest BCUT2D eigenvalue weighted by Crippen LogP contribution is -2.07. The van der Waals surface area contributed by atoms with Crippen LogP contribution in [0.3, 0.4) is 0 Å². The predicted octanol–water partition coefficient (Wildman–Crippen LogP) is 14.2. The number of nitrogen functional groups attached to an aromatic ring is 1. The van der Waals surface area contributed by atoms with Gasteiger partial charge in [-0.05, 0) is 86.8 Å². The molecule has 0 saturated carbocycles. The summed E-state index contributed by atoms with van der Waals surface area (Å²) in [4.78, 5) is 0. The summed E-state index contributed by atoms with van der Waals surface area (Å²) in [6.45, 7) is 4.00. The van der Waals surface area contributed by atoms with Crippen LogP contribution in [0.4, 0.5) is 11.4 Å². The maximum absolute atomic E-state index is 8.80. The number of aromatic nitrogens is 1. The highest BCUT2D eigenvalue weighted by molar-refractivity contribution is 6.25. The average Bonchev–Trinajstić information content (AvgIpc) is 3.63. The van der Waals surface area contributed by atoms with E-state index in [1.54, 1.807) is 0 Å². The molecule has 9 aromatic carbocycles. The van der Waals surface area contributed by atoms with Gasteiger partial charge in [0.1, 0.15) is 0 Å². The molecule has 4 heteroatoms. The first kappa shape index (κ1) is 37.5. The predicted molar refractivity (Wildman–Crippen MR) is 251 cm³/mol. The summed E-state index contributed by atoms with van der Waals surface area (Å²) in [6, 6.07) is 69.5. The molecule has 10 rings (SSSR count). The van der Waals surface area contributed by atoms with E-state index in [9.17, 15) is 0 Å². The van der Waals surface area contributed by atoms with Crippen molar-refractivity contribution < 1.29 is 0 Å². The minimum Gasteiger partial charge on any atom is -0.398 e. The third-order valence-electron chi connectivity index (χ3n) is 10.7. The second kappa shape index (κ2) is 16.7. The third kappa shape index (κ3) is 7.08. The summed E-state index contributed by atoms with van der Waals surface area (Å²) in [5, 5.41) is 19.0. The van der Waals surface area contributed by atoms with Gasteiger partial charge in [0.15, 0.2) is 0 Å². The van der Waals surface area contributed by atoms with Gasteiger partial charge in [-0.1, -0.05) is 166 Å². The van der Waals surface area contributed by atoms with Crippen LogP contribution in [-0.2, 0) is 0 Å². The van der Waals surface area contributed by atoms with Crippen molar-refractivity contribution >= 4 is 60.4 Å². The second-order valence-corrected chi connectivity index (χ2v) is 13.9. The van der Waals surface area contributed by atoms with E-state index in [0.29, 0.717) is 11.4 Å². The lowest BCUT2D eigenvalue weighted by molar-refractivity contribution is 1.18. The van der Waals surface area contributed by atoms with E-state index < -0.39 is 0 Å². The normalized spacial score (nSPS) is 10.8. The Morgan fingerprint density at radius 1 is 0.483 bits per heavy atom. The lowest BCUT2D eigenvalue weighted by Gasteiger charge is -2.13. The van der Waals surface area contributed by atoms with Crippen molar-refractivity contribution in [2.45, 2.75) is 13.8 Å². The number of anilines is 2. The zero-order chi connectivity index (χ0) is 40.0. The Morgan fingerprint density at radius 2 is 1.05 bits per heavy atom. The molecule has 282 valence electrons. The maximum atomic E-state index is 8.80. The number of nitrogens with two attached hydrogens (primary N) is 1. The van der Waals surface area contributed by atoms with Crippen LogP contribution >= 0.6 is 0 Å². The van der Waals surface area contributed by atoms with Crippen molar-refractivity contribution in [1.29, 1.82) is 5.41 Å². The molecule has 0 fully saturated rings. The van der Waals surface area contributed by atoms with Crippen molar-refractivity contribution in [3.63, 3.8) is 0 Å². The smallest absolute Gasteiger partial charge is 0.0717 e. The Morgan fingerprint density at radius 3 is 1.79 bits per heavy atom. The number of fused-ring (bicyclic) bond motifs is 5. The minimum atomic E-state index is 0.469. The molecule has 0 bridgehead atoms. The van der Waals surface area contributed by atoms with Gasteiger partial charge in [-0.25, -0.2) is 0 Å². The summed E-state index contributed by atoms with van der Waals surface area (Å²) in [5.41, 5.74) is 18.7. The highest BCUT2D eigenvalue weighted by Crippen LogP contribution is 2.37. The van der Waals surface area contributed by atoms with Crippen LogP contribution in [-0.4, -0.2) is 17.3 Å². The topological polar surface area (TPSA) is 66.8 Å². The van der Waals surface area contributed by atoms with Crippen LogP contribution in [0, 0.1) is 5.41 Å². The minimum absolute atomic E-state index is 0.469. The van der Waals surface area contributed by atoms with Crippen LogP contribution < -0.4 is 11.1 Å². The van der Waals surface area contributed by atoms with Gasteiger partial charge in [-0.3, -0.25) is 5.41 Å². The third-order valence-corrected chi connectivity index (χ3v) is 10.7. The fourth-order valence-corrected chi connectivity index (χ4v) is 7.95. The molecule has 0 spiro atoms. The first-order chi connectivity index (χ1) is 28.6. The molecule has 4 nitrogen and oxygen atoms in total. The van der Waals surface area contributed by atoms with E-state index in [2.05, 4.69) is 155 Å². The lowest BCUT2D eigenvalue weighted by atomic mass is 9.92. The van der Waals surface area contributed by atoms with Crippen LogP contribution in [0.15, 0.2) is 200 Å². The molecule has 0 unspecified atom stereocenters. The fourth-order valence-electron chi connectivity index (χ4n) is 7.95. The van der Waals surface area contributed by atoms with Crippen LogP contribution in [0.2, 0.25) is 0 Å². The zero-order valence-corrected chi connectivity index (χ0v) is 33.1. The van der Waals surface area contributed by atoms with E-state index in [4.69, 9.17) is 11.1 Å². The highest BCUT2D eigenvalue weighted by atomic mass is 15.0. The Bertz CT molecular complexity index is 3030. The van der Waals surface area contributed by atoms with Gasteiger partial charge in [-0.2, -0.15) is 0 Å². The van der Waals surface area contributed by atoms with E-state index in [1.807, 2.05) is 75.5 Å².